The van der Waals surface area contributed by atoms with E-state index in [0.29, 0.717) is 6.54 Å². The van der Waals surface area contributed by atoms with Gasteiger partial charge in [0.25, 0.3) is 0 Å². The molecule has 0 bridgehead atoms. The molecule has 0 aliphatic heterocycles. The van der Waals surface area contributed by atoms with Crippen LogP contribution in [0.5, 0.6) is 5.75 Å². The summed E-state index contributed by atoms with van der Waals surface area (Å²) in [5, 5.41) is 2.11. The van der Waals surface area contributed by atoms with Gasteiger partial charge in [-0.15, -0.1) is 11.3 Å². The van der Waals surface area contributed by atoms with Gasteiger partial charge in [-0.25, -0.2) is 0 Å². The molecule has 0 amide bonds. The molecule has 2 rings (SSSR count). The van der Waals surface area contributed by atoms with Crippen LogP contribution in [-0.2, 0) is 6.54 Å². The first kappa shape index (κ1) is 15.0. The fraction of sp³-hybridized carbons (Fsp3) is 0.375. The molecule has 0 saturated carbocycles. The van der Waals surface area contributed by atoms with E-state index in [0.717, 1.165) is 24.4 Å². The van der Waals surface area contributed by atoms with Gasteiger partial charge in [0.2, 0.25) is 0 Å². The first-order valence-corrected chi connectivity index (χ1v) is 7.77. The molecule has 1 unspecified atom stereocenters. The van der Waals surface area contributed by atoms with E-state index in [4.69, 9.17) is 10.5 Å². The van der Waals surface area contributed by atoms with E-state index in [1.807, 2.05) is 18.2 Å². The number of para-hydroxylation sites is 1. The number of ether oxygens (including phenoxy) is 1. The molecule has 1 aromatic carbocycles. The van der Waals surface area contributed by atoms with Crippen molar-refractivity contribution in [3.63, 3.8) is 0 Å². The Balaban J connectivity index is 2.24. The largest absolute Gasteiger partial charge is 0.496 e. The standard InChI is InChI=1S/C16H22N2OS/c1-3-18(12-13-7-6-10-20-13)15(11-17)14-8-4-5-9-16(14)19-2/h4-10,15H,3,11-12,17H2,1-2H3. The second-order valence-electron chi connectivity index (χ2n) is 4.64. The Bertz CT molecular complexity index is 513. The highest BCUT2D eigenvalue weighted by Gasteiger charge is 2.21. The summed E-state index contributed by atoms with van der Waals surface area (Å²) >= 11 is 1.79. The maximum absolute atomic E-state index is 6.04. The maximum atomic E-state index is 6.04. The van der Waals surface area contributed by atoms with Gasteiger partial charge in [0.15, 0.2) is 0 Å². The Hall–Kier alpha value is -1.36. The van der Waals surface area contributed by atoms with Crippen molar-refractivity contribution in [3.05, 3.63) is 52.2 Å². The number of nitrogens with two attached hydrogens (primary N) is 1. The Morgan fingerprint density at radius 1 is 1.25 bits per heavy atom. The highest BCUT2D eigenvalue weighted by molar-refractivity contribution is 7.09. The van der Waals surface area contributed by atoms with E-state index in [9.17, 15) is 0 Å². The summed E-state index contributed by atoms with van der Waals surface area (Å²) in [6.07, 6.45) is 0. The van der Waals surface area contributed by atoms with E-state index >= 15 is 0 Å². The summed E-state index contributed by atoms with van der Waals surface area (Å²) in [5.41, 5.74) is 7.20. The quantitative estimate of drug-likeness (QED) is 0.850. The first-order chi connectivity index (χ1) is 9.80. The average Bonchev–Trinajstić information content (AvgIpc) is 3.00. The van der Waals surface area contributed by atoms with Gasteiger partial charge in [0, 0.05) is 23.5 Å². The molecule has 20 heavy (non-hydrogen) atoms. The van der Waals surface area contributed by atoms with Crippen molar-refractivity contribution in [3.8, 4) is 5.75 Å². The van der Waals surface area contributed by atoms with E-state index in [-0.39, 0.29) is 6.04 Å². The van der Waals surface area contributed by atoms with Gasteiger partial charge in [-0.1, -0.05) is 31.2 Å². The topological polar surface area (TPSA) is 38.5 Å². The van der Waals surface area contributed by atoms with Crippen LogP contribution in [0, 0.1) is 0 Å². The summed E-state index contributed by atoms with van der Waals surface area (Å²) < 4.78 is 5.48. The van der Waals surface area contributed by atoms with Gasteiger partial charge >= 0.3 is 0 Å². The molecule has 2 aromatic rings. The van der Waals surface area contributed by atoms with Crippen molar-refractivity contribution in [2.45, 2.75) is 19.5 Å². The zero-order chi connectivity index (χ0) is 14.4. The number of hydrogen-bond donors (Lipinski definition) is 1. The van der Waals surface area contributed by atoms with E-state index in [1.54, 1.807) is 18.4 Å². The Morgan fingerprint density at radius 3 is 2.65 bits per heavy atom. The number of hydrogen-bond acceptors (Lipinski definition) is 4. The van der Waals surface area contributed by atoms with Crippen LogP contribution in [0.1, 0.15) is 23.4 Å². The molecule has 1 atom stereocenters. The highest BCUT2D eigenvalue weighted by atomic mass is 32.1. The molecule has 0 spiro atoms. The summed E-state index contributed by atoms with van der Waals surface area (Å²) in [7, 11) is 1.71. The van der Waals surface area contributed by atoms with Gasteiger partial charge in [0.1, 0.15) is 5.75 Å². The summed E-state index contributed by atoms with van der Waals surface area (Å²) in [6.45, 7) is 4.64. The Kier molecular flexibility index (Phi) is 5.59. The van der Waals surface area contributed by atoms with Crippen LogP contribution >= 0.6 is 11.3 Å². The molecular weight excluding hydrogens is 268 g/mol. The molecule has 3 nitrogen and oxygen atoms in total. The molecule has 0 saturated heterocycles. The fourth-order valence-corrected chi connectivity index (χ4v) is 3.19. The molecule has 0 radical (unpaired) electrons. The van der Waals surface area contributed by atoms with Gasteiger partial charge in [-0.3, -0.25) is 4.90 Å². The molecule has 0 aliphatic rings. The van der Waals surface area contributed by atoms with Crippen molar-refractivity contribution in [1.82, 2.24) is 4.90 Å². The minimum Gasteiger partial charge on any atom is -0.496 e. The predicted molar refractivity (Wildman–Crippen MR) is 85.2 cm³/mol. The van der Waals surface area contributed by atoms with Crippen molar-refractivity contribution in [2.24, 2.45) is 5.73 Å². The van der Waals surface area contributed by atoms with Gasteiger partial charge in [-0.2, -0.15) is 0 Å². The number of rotatable bonds is 7. The second-order valence-corrected chi connectivity index (χ2v) is 5.67. The third-order valence-corrected chi connectivity index (χ3v) is 4.37. The third-order valence-electron chi connectivity index (χ3n) is 3.51. The van der Waals surface area contributed by atoms with Gasteiger partial charge in [0.05, 0.1) is 13.2 Å². The number of likely N-dealkylation sites (N-methyl/N-ethyl adjacent to an activating group) is 1. The van der Waals surface area contributed by atoms with Crippen LogP contribution in [0.25, 0.3) is 0 Å². The molecule has 1 aromatic heterocycles. The molecule has 0 fully saturated rings. The average molecular weight is 290 g/mol. The third kappa shape index (κ3) is 3.39. The van der Waals surface area contributed by atoms with E-state index < -0.39 is 0 Å². The molecule has 2 N–H and O–H groups in total. The van der Waals surface area contributed by atoms with Crippen molar-refractivity contribution < 1.29 is 4.74 Å². The van der Waals surface area contributed by atoms with E-state index in [1.165, 1.54) is 4.88 Å². The van der Waals surface area contributed by atoms with Crippen LogP contribution < -0.4 is 10.5 Å². The normalized spacial score (nSPS) is 12.6. The van der Waals surface area contributed by atoms with Gasteiger partial charge < -0.3 is 10.5 Å². The van der Waals surface area contributed by atoms with Crippen molar-refractivity contribution in [1.29, 1.82) is 0 Å². The van der Waals surface area contributed by atoms with Crippen molar-refractivity contribution >= 4 is 11.3 Å². The molecule has 4 heteroatoms. The predicted octanol–water partition coefficient (Wildman–Crippen LogP) is 3.28. The minimum atomic E-state index is 0.179. The zero-order valence-corrected chi connectivity index (χ0v) is 12.9. The monoisotopic (exact) mass is 290 g/mol. The Morgan fingerprint density at radius 2 is 2.05 bits per heavy atom. The van der Waals surface area contributed by atoms with Crippen LogP contribution in [0.2, 0.25) is 0 Å². The highest BCUT2D eigenvalue weighted by Crippen LogP contribution is 2.30. The van der Waals surface area contributed by atoms with Gasteiger partial charge in [-0.05, 0) is 24.1 Å². The molecule has 1 heterocycles. The van der Waals surface area contributed by atoms with Crippen LogP contribution in [0.3, 0.4) is 0 Å². The summed E-state index contributed by atoms with van der Waals surface area (Å²) in [6, 6.07) is 12.6. The van der Waals surface area contributed by atoms with Crippen molar-refractivity contribution in [2.75, 3.05) is 20.2 Å². The second kappa shape index (κ2) is 7.43. The SMILES string of the molecule is CCN(Cc1cccs1)C(CN)c1ccccc1OC. The maximum Gasteiger partial charge on any atom is 0.123 e. The molecule has 108 valence electrons. The number of benzene rings is 1. The fourth-order valence-electron chi connectivity index (χ4n) is 2.46. The lowest BCUT2D eigenvalue weighted by Gasteiger charge is -2.30. The van der Waals surface area contributed by atoms with Crippen LogP contribution in [0.15, 0.2) is 41.8 Å². The van der Waals surface area contributed by atoms with Crippen LogP contribution in [0.4, 0.5) is 0 Å². The lowest BCUT2D eigenvalue weighted by atomic mass is 10.0. The Labute approximate surface area is 125 Å². The first-order valence-electron chi connectivity index (χ1n) is 6.89. The molecular formula is C16H22N2OS. The summed E-state index contributed by atoms with van der Waals surface area (Å²) in [4.78, 5) is 3.75. The lowest BCUT2D eigenvalue weighted by Crippen LogP contribution is -2.33. The number of methoxy groups -OCH3 is 1. The van der Waals surface area contributed by atoms with E-state index in [2.05, 4.69) is 35.4 Å². The lowest BCUT2D eigenvalue weighted by molar-refractivity contribution is 0.201. The number of nitrogens with zero attached hydrogens (tertiary/aromatic N) is 1. The minimum absolute atomic E-state index is 0.179. The zero-order valence-electron chi connectivity index (χ0n) is 12.1. The van der Waals surface area contributed by atoms with Crippen LogP contribution in [-0.4, -0.2) is 25.1 Å². The summed E-state index contributed by atoms with van der Waals surface area (Å²) in [5.74, 6) is 0.910. The smallest absolute Gasteiger partial charge is 0.123 e. The molecule has 0 aliphatic carbocycles. The number of thiophene rings is 1.